The topological polar surface area (TPSA) is 89.5 Å². The van der Waals surface area contributed by atoms with E-state index in [1.807, 2.05) is 6.92 Å². The van der Waals surface area contributed by atoms with Crippen molar-refractivity contribution in [3.63, 3.8) is 0 Å². The molecule has 1 amide bonds. The van der Waals surface area contributed by atoms with Crippen molar-refractivity contribution in [3.8, 4) is 0 Å². The lowest BCUT2D eigenvalue weighted by Crippen LogP contribution is -2.42. The number of nitrogens with two attached hydrogens (primary N) is 1. The molecule has 1 aromatic rings. The van der Waals surface area contributed by atoms with Crippen LogP contribution >= 0.6 is 0 Å². The number of piperidine rings is 1. The maximum absolute atomic E-state index is 12.4. The van der Waals surface area contributed by atoms with Gasteiger partial charge in [-0.1, -0.05) is 0 Å². The Bertz CT molecular complexity index is 549. The van der Waals surface area contributed by atoms with Crippen LogP contribution in [-0.4, -0.2) is 34.9 Å². The molecule has 6 nitrogen and oxygen atoms in total. The van der Waals surface area contributed by atoms with Crippen LogP contribution in [0.2, 0.25) is 0 Å². The number of rotatable bonds is 3. The van der Waals surface area contributed by atoms with E-state index in [0.717, 1.165) is 12.8 Å². The first-order chi connectivity index (χ1) is 9.90. The fraction of sp³-hybridized carbons (Fsp3) is 0.533. The summed E-state index contributed by atoms with van der Waals surface area (Å²) in [6.07, 6.45) is 1.82. The number of nitrogens with zero attached hydrogens (tertiary/aromatic N) is 2. The van der Waals surface area contributed by atoms with Crippen molar-refractivity contribution < 1.29 is 9.72 Å². The smallest absolute Gasteiger partial charge is 0.272 e. The van der Waals surface area contributed by atoms with Crippen molar-refractivity contribution in [2.24, 2.45) is 11.7 Å². The molecule has 1 aromatic carbocycles. The summed E-state index contributed by atoms with van der Waals surface area (Å²) in [5, 5.41) is 10.8. The second-order valence-electron chi connectivity index (χ2n) is 5.75. The number of hydrogen-bond acceptors (Lipinski definition) is 4. The lowest BCUT2D eigenvalue weighted by Gasteiger charge is -2.33. The Hall–Kier alpha value is -1.95. The number of nitro groups is 1. The third-order valence-corrected chi connectivity index (χ3v) is 4.21. The molecule has 1 aliphatic rings. The van der Waals surface area contributed by atoms with Gasteiger partial charge in [-0.05, 0) is 44.7 Å². The molecular weight excluding hydrogens is 270 g/mol. The molecule has 2 N–H and O–H groups in total. The van der Waals surface area contributed by atoms with Crippen LogP contribution in [0.25, 0.3) is 0 Å². The summed E-state index contributed by atoms with van der Waals surface area (Å²) in [4.78, 5) is 24.6. The van der Waals surface area contributed by atoms with Crippen molar-refractivity contribution in [2.45, 2.75) is 32.7 Å². The Morgan fingerprint density at radius 2 is 2.05 bits per heavy atom. The van der Waals surface area contributed by atoms with E-state index < -0.39 is 4.92 Å². The van der Waals surface area contributed by atoms with Gasteiger partial charge in [-0.3, -0.25) is 14.9 Å². The van der Waals surface area contributed by atoms with Gasteiger partial charge in [-0.25, -0.2) is 0 Å². The zero-order valence-corrected chi connectivity index (χ0v) is 12.4. The minimum absolute atomic E-state index is 0.0437. The van der Waals surface area contributed by atoms with Crippen molar-refractivity contribution in [3.05, 3.63) is 39.4 Å². The standard InChI is InChI=1S/C15H21N3O3/c1-10-9-13(3-4-14(10)18(20)21)15(19)17-7-5-12(6-8-17)11(2)16/h3-4,9,11-12H,5-8,16H2,1-2H3. The van der Waals surface area contributed by atoms with Gasteiger partial charge >= 0.3 is 0 Å². The Labute approximate surface area is 124 Å². The lowest BCUT2D eigenvalue weighted by molar-refractivity contribution is -0.385. The molecule has 6 heteroatoms. The van der Waals surface area contributed by atoms with E-state index in [9.17, 15) is 14.9 Å². The fourth-order valence-corrected chi connectivity index (χ4v) is 2.80. The van der Waals surface area contributed by atoms with Gasteiger partial charge in [-0.15, -0.1) is 0 Å². The van der Waals surface area contributed by atoms with E-state index in [0.29, 0.717) is 30.1 Å². The highest BCUT2D eigenvalue weighted by Gasteiger charge is 2.26. The number of likely N-dealkylation sites (tertiary alicyclic amines) is 1. The first-order valence-corrected chi connectivity index (χ1v) is 7.20. The molecule has 21 heavy (non-hydrogen) atoms. The molecule has 1 atom stereocenters. The van der Waals surface area contributed by atoms with Crippen molar-refractivity contribution in [1.29, 1.82) is 0 Å². The van der Waals surface area contributed by atoms with Crippen LogP contribution in [-0.2, 0) is 0 Å². The van der Waals surface area contributed by atoms with Crippen LogP contribution in [0, 0.1) is 23.0 Å². The number of carbonyl (C=O) groups is 1. The van der Waals surface area contributed by atoms with Gasteiger partial charge in [0.25, 0.3) is 11.6 Å². The molecular formula is C15H21N3O3. The van der Waals surface area contributed by atoms with Gasteiger partial charge in [0, 0.05) is 36.3 Å². The number of nitro benzene ring substituents is 1. The van der Waals surface area contributed by atoms with Crippen molar-refractivity contribution >= 4 is 11.6 Å². The average molecular weight is 291 g/mol. The van der Waals surface area contributed by atoms with E-state index in [1.54, 1.807) is 17.9 Å². The van der Waals surface area contributed by atoms with Crippen LogP contribution < -0.4 is 5.73 Å². The first-order valence-electron chi connectivity index (χ1n) is 7.20. The maximum Gasteiger partial charge on any atom is 0.272 e. The van der Waals surface area contributed by atoms with E-state index in [1.165, 1.54) is 12.1 Å². The van der Waals surface area contributed by atoms with Crippen LogP contribution in [0.4, 0.5) is 5.69 Å². The minimum Gasteiger partial charge on any atom is -0.339 e. The quantitative estimate of drug-likeness (QED) is 0.682. The summed E-state index contributed by atoms with van der Waals surface area (Å²) >= 11 is 0. The van der Waals surface area contributed by atoms with E-state index in [-0.39, 0.29) is 17.6 Å². The molecule has 1 aliphatic heterocycles. The molecule has 0 aliphatic carbocycles. The highest BCUT2D eigenvalue weighted by molar-refractivity contribution is 5.94. The van der Waals surface area contributed by atoms with Crippen LogP contribution in [0.3, 0.4) is 0 Å². The Kier molecular flexibility index (Phi) is 4.57. The number of amides is 1. The Morgan fingerprint density at radius 3 is 2.52 bits per heavy atom. The molecule has 1 saturated heterocycles. The highest BCUT2D eigenvalue weighted by Crippen LogP contribution is 2.23. The summed E-state index contributed by atoms with van der Waals surface area (Å²) in [5.74, 6) is 0.406. The normalized spacial score (nSPS) is 17.6. The summed E-state index contributed by atoms with van der Waals surface area (Å²) < 4.78 is 0. The maximum atomic E-state index is 12.4. The summed E-state index contributed by atoms with van der Waals surface area (Å²) in [6.45, 7) is 5.04. The monoisotopic (exact) mass is 291 g/mol. The van der Waals surface area contributed by atoms with Crippen LogP contribution in [0.15, 0.2) is 18.2 Å². The average Bonchev–Trinajstić information content (AvgIpc) is 2.46. The van der Waals surface area contributed by atoms with Gasteiger partial charge < -0.3 is 10.6 Å². The summed E-state index contributed by atoms with van der Waals surface area (Å²) in [6, 6.07) is 4.68. The van der Waals surface area contributed by atoms with E-state index in [4.69, 9.17) is 5.73 Å². The highest BCUT2D eigenvalue weighted by atomic mass is 16.6. The van der Waals surface area contributed by atoms with Gasteiger partial charge in [-0.2, -0.15) is 0 Å². The van der Waals surface area contributed by atoms with Crippen molar-refractivity contribution in [2.75, 3.05) is 13.1 Å². The van der Waals surface area contributed by atoms with Gasteiger partial charge in [0.2, 0.25) is 0 Å². The van der Waals surface area contributed by atoms with E-state index >= 15 is 0 Å². The summed E-state index contributed by atoms with van der Waals surface area (Å²) in [5.41, 5.74) is 6.96. The number of aryl methyl sites for hydroxylation is 1. The zero-order valence-electron chi connectivity index (χ0n) is 12.4. The molecule has 0 saturated carbocycles. The molecule has 0 radical (unpaired) electrons. The molecule has 0 aromatic heterocycles. The third-order valence-electron chi connectivity index (χ3n) is 4.21. The summed E-state index contributed by atoms with van der Waals surface area (Å²) in [7, 11) is 0. The second-order valence-corrected chi connectivity index (χ2v) is 5.75. The second kappa shape index (κ2) is 6.22. The fourth-order valence-electron chi connectivity index (χ4n) is 2.80. The van der Waals surface area contributed by atoms with Crippen LogP contribution in [0.5, 0.6) is 0 Å². The molecule has 1 heterocycles. The largest absolute Gasteiger partial charge is 0.339 e. The first kappa shape index (κ1) is 15.4. The minimum atomic E-state index is -0.433. The lowest BCUT2D eigenvalue weighted by atomic mass is 9.90. The number of carbonyl (C=O) groups excluding carboxylic acids is 1. The van der Waals surface area contributed by atoms with Gasteiger partial charge in [0.05, 0.1) is 4.92 Å². The van der Waals surface area contributed by atoms with Gasteiger partial charge in [0.15, 0.2) is 0 Å². The Morgan fingerprint density at radius 1 is 1.43 bits per heavy atom. The third kappa shape index (κ3) is 3.39. The molecule has 114 valence electrons. The molecule has 0 bridgehead atoms. The Balaban J connectivity index is 2.08. The number of hydrogen-bond donors (Lipinski definition) is 1. The van der Waals surface area contributed by atoms with Crippen LogP contribution in [0.1, 0.15) is 35.7 Å². The predicted octanol–water partition coefficient (Wildman–Crippen LogP) is 2.10. The SMILES string of the molecule is Cc1cc(C(=O)N2CCC(C(C)N)CC2)ccc1[N+](=O)[O-]. The molecule has 1 unspecified atom stereocenters. The molecule has 2 rings (SSSR count). The van der Waals surface area contributed by atoms with Gasteiger partial charge in [0.1, 0.15) is 0 Å². The predicted molar refractivity (Wildman–Crippen MR) is 80.1 cm³/mol. The molecule has 0 spiro atoms. The van der Waals surface area contributed by atoms with E-state index in [2.05, 4.69) is 0 Å². The zero-order chi connectivity index (χ0) is 15.6. The number of benzene rings is 1. The van der Waals surface area contributed by atoms with Crippen molar-refractivity contribution in [1.82, 2.24) is 4.90 Å². The molecule has 1 fully saturated rings.